The van der Waals surface area contributed by atoms with E-state index in [9.17, 15) is 14.7 Å². The van der Waals surface area contributed by atoms with Gasteiger partial charge in [0.2, 0.25) is 0 Å². The quantitative estimate of drug-likeness (QED) is 0.887. The minimum absolute atomic E-state index is 0.305. The lowest BCUT2D eigenvalue weighted by atomic mass is 10.1. The van der Waals surface area contributed by atoms with Gasteiger partial charge in [-0.05, 0) is 32.8 Å². The molecule has 21 heavy (non-hydrogen) atoms. The summed E-state index contributed by atoms with van der Waals surface area (Å²) in [5.41, 5.74) is 5.39. The van der Waals surface area contributed by atoms with Crippen LogP contribution in [0.4, 0.5) is 9.59 Å². The van der Waals surface area contributed by atoms with Crippen molar-refractivity contribution in [1.29, 1.82) is 0 Å². The van der Waals surface area contributed by atoms with Crippen molar-refractivity contribution >= 4 is 12.1 Å². The van der Waals surface area contributed by atoms with Crippen molar-refractivity contribution in [3.63, 3.8) is 0 Å². The highest BCUT2D eigenvalue weighted by atomic mass is 16.6. The lowest BCUT2D eigenvalue weighted by molar-refractivity contribution is 0.0208. The molecule has 1 aromatic rings. The van der Waals surface area contributed by atoms with Crippen LogP contribution in [0.15, 0.2) is 30.3 Å². The van der Waals surface area contributed by atoms with Gasteiger partial charge < -0.3 is 15.6 Å². The second kappa shape index (κ2) is 7.08. The summed E-state index contributed by atoms with van der Waals surface area (Å²) in [6.07, 6.45) is -0.551. The number of nitrogens with two attached hydrogens (primary N) is 1. The Labute approximate surface area is 124 Å². The van der Waals surface area contributed by atoms with Crippen molar-refractivity contribution in [3.8, 4) is 0 Å². The summed E-state index contributed by atoms with van der Waals surface area (Å²) in [6.45, 7) is 4.68. The fourth-order valence-electron chi connectivity index (χ4n) is 1.85. The minimum atomic E-state index is -0.945. The molecule has 0 spiro atoms. The number of hydrogen-bond acceptors (Lipinski definition) is 4. The number of nitrogens with zero attached hydrogens (tertiary/aromatic N) is 1. The first-order valence-corrected chi connectivity index (χ1v) is 6.71. The third kappa shape index (κ3) is 5.43. The molecule has 0 heterocycles. The van der Waals surface area contributed by atoms with E-state index in [1.807, 2.05) is 30.3 Å². The van der Waals surface area contributed by atoms with Crippen LogP contribution in [0.1, 0.15) is 26.3 Å². The zero-order valence-corrected chi connectivity index (χ0v) is 12.6. The van der Waals surface area contributed by atoms with E-state index in [0.717, 1.165) is 10.5 Å². The third-order valence-electron chi connectivity index (χ3n) is 2.72. The van der Waals surface area contributed by atoms with Crippen molar-refractivity contribution in [1.82, 2.24) is 4.90 Å². The summed E-state index contributed by atoms with van der Waals surface area (Å²) < 4.78 is 5.16. The van der Waals surface area contributed by atoms with E-state index in [0.29, 0.717) is 6.42 Å². The summed E-state index contributed by atoms with van der Waals surface area (Å²) in [4.78, 5) is 24.4. The van der Waals surface area contributed by atoms with Crippen LogP contribution in [-0.4, -0.2) is 40.4 Å². The molecular weight excluding hydrogens is 272 g/mol. The molecule has 0 aliphatic carbocycles. The van der Waals surface area contributed by atoms with Gasteiger partial charge in [0.1, 0.15) is 5.60 Å². The minimum Gasteiger partial charge on any atom is -0.443 e. The van der Waals surface area contributed by atoms with Gasteiger partial charge in [0, 0.05) is 0 Å². The second-order valence-electron chi connectivity index (χ2n) is 5.71. The lowest BCUT2D eigenvalue weighted by Gasteiger charge is -2.30. The topological polar surface area (TPSA) is 92.9 Å². The Morgan fingerprint density at radius 3 is 2.29 bits per heavy atom. The van der Waals surface area contributed by atoms with Gasteiger partial charge in [0.15, 0.2) is 0 Å². The van der Waals surface area contributed by atoms with Crippen LogP contribution in [0, 0.1) is 0 Å². The highest BCUT2D eigenvalue weighted by molar-refractivity contribution is 5.90. The van der Waals surface area contributed by atoms with Gasteiger partial charge in [0.25, 0.3) is 0 Å². The van der Waals surface area contributed by atoms with E-state index in [1.165, 1.54) is 0 Å². The van der Waals surface area contributed by atoms with E-state index in [4.69, 9.17) is 10.5 Å². The Kier molecular flexibility index (Phi) is 5.72. The molecule has 116 valence electrons. The first-order chi connectivity index (χ1) is 9.74. The van der Waals surface area contributed by atoms with Gasteiger partial charge >= 0.3 is 12.1 Å². The molecule has 1 rings (SSSR count). The zero-order valence-electron chi connectivity index (χ0n) is 12.6. The highest BCUT2D eigenvalue weighted by Crippen LogP contribution is 2.14. The number of ether oxygens (including phenoxy) is 1. The van der Waals surface area contributed by atoms with Crippen LogP contribution < -0.4 is 5.73 Å². The highest BCUT2D eigenvalue weighted by Gasteiger charge is 2.32. The fraction of sp³-hybridized carbons (Fsp3) is 0.467. The number of carbonyl (C=O) groups excluding carboxylic acids is 2. The van der Waals surface area contributed by atoms with Gasteiger partial charge in [0.05, 0.1) is 12.6 Å². The maximum Gasteiger partial charge on any atom is 0.418 e. The van der Waals surface area contributed by atoms with E-state index in [-0.39, 0.29) is 0 Å². The SMILES string of the molecule is CC(C)(C)OC(=O)N(C(N)=O)[C@H](CO)Cc1ccccc1. The summed E-state index contributed by atoms with van der Waals surface area (Å²) in [5, 5.41) is 9.50. The average molecular weight is 294 g/mol. The predicted octanol–water partition coefficient (Wildman–Crippen LogP) is 1.91. The van der Waals surface area contributed by atoms with Crippen molar-refractivity contribution < 1.29 is 19.4 Å². The summed E-state index contributed by atoms with van der Waals surface area (Å²) in [7, 11) is 0. The number of benzene rings is 1. The van der Waals surface area contributed by atoms with Crippen molar-refractivity contribution in [2.75, 3.05) is 6.61 Å². The average Bonchev–Trinajstić information content (AvgIpc) is 2.36. The number of aliphatic hydroxyl groups excluding tert-OH is 1. The molecule has 0 saturated heterocycles. The number of aliphatic hydroxyl groups is 1. The number of carbonyl (C=O) groups is 2. The molecule has 0 radical (unpaired) electrons. The monoisotopic (exact) mass is 294 g/mol. The standard InChI is InChI=1S/C15H22N2O4/c1-15(2,3)21-14(20)17(13(16)19)12(10-18)9-11-7-5-4-6-8-11/h4-8,12,18H,9-10H2,1-3H3,(H2,16,19)/t12-/m0/s1. The number of primary amides is 1. The molecule has 3 amide bonds. The summed E-state index contributed by atoms with van der Waals surface area (Å²) in [5.74, 6) is 0. The van der Waals surface area contributed by atoms with Crippen LogP contribution in [0.5, 0.6) is 0 Å². The van der Waals surface area contributed by atoms with Crippen LogP contribution in [-0.2, 0) is 11.2 Å². The first kappa shape index (κ1) is 17.0. The predicted molar refractivity (Wildman–Crippen MR) is 78.7 cm³/mol. The normalized spacial score (nSPS) is 12.6. The fourth-order valence-corrected chi connectivity index (χ4v) is 1.85. The number of amides is 3. The molecule has 0 fully saturated rings. The second-order valence-corrected chi connectivity index (χ2v) is 5.71. The van der Waals surface area contributed by atoms with E-state index >= 15 is 0 Å². The molecule has 0 aromatic heterocycles. The molecule has 0 saturated carbocycles. The van der Waals surface area contributed by atoms with Crippen LogP contribution in [0.25, 0.3) is 0 Å². The molecule has 0 aliphatic heterocycles. The first-order valence-electron chi connectivity index (χ1n) is 6.71. The van der Waals surface area contributed by atoms with E-state index < -0.39 is 30.4 Å². The van der Waals surface area contributed by atoms with Crippen molar-refractivity contribution in [2.45, 2.75) is 38.8 Å². The Bertz CT molecular complexity index is 482. The lowest BCUT2D eigenvalue weighted by Crippen LogP contribution is -2.51. The molecule has 0 aliphatic rings. The molecule has 6 nitrogen and oxygen atoms in total. The van der Waals surface area contributed by atoms with Crippen LogP contribution >= 0.6 is 0 Å². The van der Waals surface area contributed by atoms with Crippen molar-refractivity contribution in [3.05, 3.63) is 35.9 Å². The van der Waals surface area contributed by atoms with Gasteiger partial charge in [-0.3, -0.25) is 0 Å². The molecule has 1 atom stereocenters. The molecule has 0 bridgehead atoms. The molecule has 3 N–H and O–H groups in total. The molecule has 1 aromatic carbocycles. The maximum absolute atomic E-state index is 12.1. The summed E-state index contributed by atoms with van der Waals surface area (Å²) >= 11 is 0. The number of urea groups is 1. The third-order valence-corrected chi connectivity index (χ3v) is 2.72. The number of imide groups is 1. The Hall–Kier alpha value is -2.08. The zero-order chi connectivity index (χ0) is 16.0. The molecule has 6 heteroatoms. The van der Waals surface area contributed by atoms with Gasteiger partial charge in [-0.2, -0.15) is 0 Å². The largest absolute Gasteiger partial charge is 0.443 e. The van der Waals surface area contributed by atoms with Gasteiger partial charge in [-0.25, -0.2) is 14.5 Å². The molecular formula is C15H22N2O4. The van der Waals surface area contributed by atoms with Crippen LogP contribution in [0.2, 0.25) is 0 Å². The van der Waals surface area contributed by atoms with Gasteiger partial charge in [-0.1, -0.05) is 30.3 Å². The summed E-state index contributed by atoms with van der Waals surface area (Å²) in [6, 6.07) is 7.52. The number of rotatable bonds is 4. The Morgan fingerprint density at radius 2 is 1.86 bits per heavy atom. The smallest absolute Gasteiger partial charge is 0.418 e. The van der Waals surface area contributed by atoms with Crippen LogP contribution in [0.3, 0.4) is 0 Å². The van der Waals surface area contributed by atoms with Crippen molar-refractivity contribution in [2.24, 2.45) is 5.73 Å². The Balaban J connectivity index is 2.91. The Morgan fingerprint density at radius 1 is 1.29 bits per heavy atom. The number of hydrogen-bond donors (Lipinski definition) is 2. The van der Waals surface area contributed by atoms with E-state index in [2.05, 4.69) is 0 Å². The maximum atomic E-state index is 12.1. The van der Waals surface area contributed by atoms with Gasteiger partial charge in [-0.15, -0.1) is 0 Å². The van der Waals surface area contributed by atoms with E-state index in [1.54, 1.807) is 20.8 Å². The molecule has 0 unspecified atom stereocenters.